The summed E-state index contributed by atoms with van der Waals surface area (Å²) in [6.07, 6.45) is -0.242. The van der Waals surface area contributed by atoms with E-state index in [0.717, 1.165) is 41.0 Å². The summed E-state index contributed by atoms with van der Waals surface area (Å²) in [5.41, 5.74) is 2.26. The van der Waals surface area contributed by atoms with Crippen LogP contribution in [0.5, 0.6) is 0 Å². The summed E-state index contributed by atoms with van der Waals surface area (Å²) in [7, 11) is 0. The molecule has 0 aliphatic carbocycles. The smallest absolute Gasteiger partial charge is 0.212 e. The summed E-state index contributed by atoms with van der Waals surface area (Å²) in [4.78, 5) is 5.68. The van der Waals surface area contributed by atoms with Crippen molar-refractivity contribution in [3.63, 3.8) is 0 Å². The van der Waals surface area contributed by atoms with Gasteiger partial charge in [0, 0.05) is 32.1 Å². The fraction of sp³-hybridized carbons (Fsp3) is 0.714. The number of aliphatic hydroxyl groups excluding tert-OH is 1. The molecule has 1 saturated heterocycles. The average Bonchev–Trinajstić information content (AvgIpc) is 3.06. The van der Waals surface area contributed by atoms with Crippen molar-refractivity contribution in [1.29, 1.82) is 0 Å². The highest BCUT2D eigenvalue weighted by Crippen LogP contribution is 2.23. The van der Waals surface area contributed by atoms with E-state index in [1.165, 1.54) is 0 Å². The summed E-state index contributed by atoms with van der Waals surface area (Å²) in [6.45, 7) is 9.45. The van der Waals surface area contributed by atoms with Gasteiger partial charge < -0.3 is 15.7 Å². The molecule has 6 nitrogen and oxygen atoms in total. The van der Waals surface area contributed by atoms with E-state index in [9.17, 15) is 5.11 Å². The third-order valence-corrected chi connectivity index (χ3v) is 4.80. The molecular formula is C14H24ClN5OS. The van der Waals surface area contributed by atoms with Crippen LogP contribution in [0.3, 0.4) is 0 Å². The molecule has 0 spiro atoms. The number of rotatable bonds is 5. The van der Waals surface area contributed by atoms with Crippen LogP contribution in [0.4, 0.5) is 0 Å². The lowest BCUT2D eigenvalue weighted by Gasteiger charge is -2.14. The van der Waals surface area contributed by atoms with Crippen molar-refractivity contribution in [2.45, 2.75) is 39.3 Å². The molecule has 1 aliphatic rings. The van der Waals surface area contributed by atoms with Gasteiger partial charge in [-0.05, 0) is 12.8 Å². The largest absolute Gasteiger partial charge is 0.391 e. The average molecular weight is 346 g/mol. The molecule has 3 rings (SSSR count). The third kappa shape index (κ3) is 3.44. The van der Waals surface area contributed by atoms with Gasteiger partial charge in [-0.3, -0.25) is 0 Å². The minimum absolute atomic E-state index is 0. The summed E-state index contributed by atoms with van der Waals surface area (Å²) in [6, 6.07) is 0. The Balaban J connectivity index is 0.00000176. The van der Waals surface area contributed by atoms with Crippen molar-refractivity contribution in [2.75, 3.05) is 19.6 Å². The first-order chi connectivity index (χ1) is 10.1. The molecule has 0 aromatic carbocycles. The highest BCUT2D eigenvalue weighted by atomic mass is 35.5. The van der Waals surface area contributed by atoms with Gasteiger partial charge in [0.25, 0.3) is 0 Å². The molecular weight excluding hydrogens is 322 g/mol. The van der Waals surface area contributed by atoms with Crippen LogP contribution in [0.2, 0.25) is 0 Å². The van der Waals surface area contributed by atoms with Gasteiger partial charge in [0.05, 0.1) is 17.5 Å². The van der Waals surface area contributed by atoms with E-state index in [2.05, 4.69) is 29.6 Å². The van der Waals surface area contributed by atoms with Crippen LogP contribution < -0.4 is 10.6 Å². The van der Waals surface area contributed by atoms with Gasteiger partial charge in [-0.2, -0.15) is 5.10 Å². The number of aromatic nitrogens is 3. The van der Waals surface area contributed by atoms with Crippen molar-refractivity contribution in [3.8, 4) is 0 Å². The number of hydrogen-bond acceptors (Lipinski definition) is 6. The Labute approximate surface area is 140 Å². The summed E-state index contributed by atoms with van der Waals surface area (Å²) in [5.74, 6) is 0.669. The predicted octanol–water partition coefficient (Wildman–Crippen LogP) is 1.31. The Bertz CT molecular complexity index is 626. The number of imidazole rings is 1. The second-order valence-corrected chi connectivity index (χ2v) is 7.19. The zero-order valence-corrected chi connectivity index (χ0v) is 14.8. The number of β-amino-alcohol motifs (C(OH)–C–C–N with tert-alkyl or cyclic N) is 1. The second-order valence-electron chi connectivity index (χ2n) is 6.03. The van der Waals surface area contributed by atoms with Crippen LogP contribution in [0, 0.1) is 12.8 Å². The number of nitrogens with zero attached hydrogens (tertiary/aromatic N) is 3. The van der Waals surface area contributed by atoms with Gasteiger partial charge in [0.2, 0.25) is 4.96 Å². The Hall–Kier alpha value is -0.730. The number of halogens is 1. The molecule has 0 radical (unpaired) electrons. The molecule has 2 aromatic rings. The van der Waals surface area contributed by atoms with Crippen LogP contribution in [-0.2, 0) is 6.54 Å². The van der Waals surface area contributed by atoms with Crippen molar-refractivity contribution >= 4 is 28.7 Å². The van der Waals surface area contributed by atoms with E-state index in [1.807, 2.05) is 11.4 Å². The first kappa shape index (κ1) is 17.6. The third-order valence-electron chi connectivity index (χ3n) is 3.98. The lowest BCUT2D eigenvalue weighted by Crippen LogP contribution is -2.30. The molecule has 22 heavy (non-hydrogen) atoms. The van der Waals surface area contributed by atoms with E-state index in [-0.39, 0.29) is 24.4 Å². The number of nitrogens with one attached hydrogen (secondary N) is 2. The Morgan fingerprint density at radius 1 is 1.45 bits per heavy atom. The van der Waals surface area contributed by atoms with Gasteiger partial charge in [0.1, 0.15) is 5.01 Å². The Morgan fingerprint density at radius 3 is 2.86 bits per heavy atom. The van der Waals surface area contributed by atoms with Crippen LogP contribution in [0.15, 0.2) is 0 Å². The first-order valence-electron chi connectivity index (χ1n) is 7.50. The molecule has 2 atom stereocenters. The van der Waals surface area contributed by atoms with Gasteiger partial charge in [-0.15, -0.1) is 12.4 Å². The Kier molecular flexibility index (Phi) is 5.79. The molecule has 3 N–H and O–H groups in total. The van der Waals surface area contributed by atoms with Crippen molar-refractivity contribution in [2.24, 2.45) is 5.92 Å². The fourth-order valence-corrected chi connectivity index (χ4v) is 3.60. The quantitative estimate of drug-likeness (QED) is 0.762. The standard InChI is InChI=1S/C14H23N5OS.ClH/c1-8(2)13-11(19-14(17-13)21-9(3)18-19)6-15-4-10-5-16-7-12(10)20;/h8,10,12,15-16,20H,4-7H2,1-3H3;1H. The minimum Gasteiger partial charge on any atom is -0.391 e. The van der Waals surface area contributed by atoms with E-state index in [0.29, 0.717) is 12.5 Å². The van der Waals surface area contributed by atoms with Gasteiger partial charge >= 0.3 is 0 Å². The highest BCUT2D eigenvalue weighted by Gasteiger charge is 2.25. The van der Waals surface area contributed by atoms with Crippen molar-refractivity contribution in [1.82, 2.24) is 25.2 Å². The zero-order chi connectivity index (χ0) is 15.0. The van der Waals surface area contributed by atoms with Gasteiger partial charge in [-0.25, -0.2) is 9.50 Å². The van der Waals surface area contributed by atoms with Crippen LogP contribution in [0.1, 0.15) is 36.2 Å². The van der Waals surface area contributed by atoms with Crippen LogP contribution in [0.25, 0.3) is 4.96 Å². The van der Waals surface area contributed by atoms with E-state index in [4.69, 9.17) is 4.98 Å². The molecule has 1 aliphatic heterocycles. The molecule has 8 heteroatoms. The zero-order valence-electron chi connectivity index (χ0n) is 13.2. The molecule has 124 valence electrons. The maximum atomic E-state index is 9.83. The van der Waals surface area contributed by atoms with Gasteiger partial charge in [0.15, 0.2) is 0 Å². The van der Waals surface area contributed by atoms with E-state index in [1.54, 1.807) is 11.3 Å². The van der Waals surface area contributed by atoms with Crippen molar-refractivity contribution in [3.05, 3.63) is 16.4 Å². The van der Waals surface area contributed by atoms with E-state index >= 15 is 0 Å². The normalized spacial score (nSPS) is 21.7. The molecule has 1 fully saturated rings. The van der Waals surface area contributed by atoms with Crippen LogP contribution >= 0.6 is 23.7 Å². The molecule has 2 aromatic heterocycles. The monoisotopic (exact) mass is 345 g/mol. The fourth-order valence-electron chi connectivity index (χ4n) is 2.83. The molecule has 0 amide bonds. The summed E-state index contributed by atoms with van der Waals surface area (Å²) in [5, 5.41) is 22.1. The maximum absolute atomic E-state index is 9.83. The Morgan fingerprint density at radius 2 is 2.23 bits per heavy atom. The lowest BCUT2D eigenvalue weighted by atomic mass is 10.1. The van der Waals surface area contributed by atoms with Crippen LogP contribution in [-0.4, -0.2) is 45.4 Å². The summed E-state index contributed by atoms with van der Waals surface area (Å²) < 4.78 is 1.96. The summed E-state index contributed by atoms with van der Waals surface area (Å²) >= 11 is 1.63. The second kappa shape index (κ2) is 7.23. The van der Waals surface area contributed by atoms with E-state index < -0.39 is 0 Å². The number of hydrogen-bond donors (Lipinski definition) is 3. The SMILES string of the molecule is Cc1nn2c(CNCC3CNCC3O)c(C(C)C)nc2s1.Cl. The predicted molar refractivity (Wildman–Crippen MR) is 91.0 cm³/mol. The molecule has 0 bridgehead atoms. The number of aryl methyl sites for hydroxylation is 1. The van der Waals surface area contributed by atoms with Crippen molar-refractivity contribution < 1.29 is 5.11 Å². The lowest BCUT2D eigenvalue weighted by molar-refractivity contribution is 0.146. The number of aliphatic hydroxyl groups is 1. The first-order valence-corrected chi connectivity index (χ1v) is 8.32. The molecule has 0 saturated carbocycles. The number of fused-ring (bicyclic) bond motifs is 1. The topological polar surface area (TPSA) is 74.5 Å². The van der Waals surface area contributed by atoms with Gasteiger partial charge in [-0.1, -0.05) is 25.2 Å². The molecule has 3 heterocycles. The maximum Gasteiger partial charge on any atom is 0.212 e. The highest BCUT2D eigenvalue weighted by molar-refractivity contribution is 7.16. The molecule has 2 unspecified atom stereocenters. The minimum atomic E-state index is -0.242.